The fourth-order valence-corrected chi connectivity index (χ4v) is 5.09. The van der Waals surface area contributed by atoms with Gasteiger partial charge in [-0.1, -0.05) is 43.7 Å². The number of carboxylic acid groups (broad SMARTS) is 1. The first-order valence-corrected chi connectivity index (χ1v) is 11.0. The molecule has 1 aliphatic carbocycles. The van der Waals surface area contributed by atoms with Crippen molar-refractivity contribution in [3.8, 4) is 0 Å². The zero-order valence-electron chi connectivity index (χ0n) is 18.1. The van der Waals surface area contributed by atoms with E-state index in [1.165, 1.54) is 4.90 Å². The monoisotopic (exact) mass is 455 g/mol. The number of nitrogens with zero attached hydrogens (tertiary/aromatic N) is 1. The molecule has 1 aliphatic heterocycles. The van der Waals surface area contributed by atoms with Gasteiger partial charge in [-0.25, -0.2) is 9.59 Å². The van der Waals surface area contributed by atoms with Gasteiger partial charge >= 0.3 is 11.7 Å². The lowest BCUT2D eigenvalue weighted by molar-refractivity contribution is -0.138. The van der Waals surface area contributed by atoms with Crippen molar-refractivity contribution >= 4 is 30.2 Å². The fourth-order valence-electron chi connectivity index (χ4n) is 4.77. The van der Waals surface area contributed by atoms with Crippen molar-refractivity contribution < 1.29 is 14.7 Å². The Kier molecular flexibility index (Phi) is 5.40. The van der Waals surface area contributed by atoms with Crippen LogP contribution < -0.4 is 16.1 Å². The number of hydrogen-bond acceptors (Lipinski definition) is 6. The number of allylic oxidation sites excluding steroid dienone is 2. The van der Waals surface area contributed by atoms with Crippen LogP contribution in [0.15, 0.2) is 45.1 Å². The number of aliphatic carboxylic acids is 1. The number of rotatable bonds is 4. The van der Waals surface area contributed by atoms with E-state index in [1.807, 2.05) is 45.0 Å². The van der Waals surface area contributed by atoms with Gasteiger partial charge in [0.2, 0.25) is 0 Å². The number of aromatic amines is 2. The molecule has 2 atom stereocenters. The van der Waals surface area contributed by atoms with Crippen LogP contribution >= 0.6 is 12.6 Å². The average molecular weight is 456 g/mol. The number of hydrogen-bond donors (Lipinski definition) is 4. The molecule has 8 nitrogen and oxygen atoms in total. The Balaban J connectivity index is 2.11. The Hall–Kier alpha value is -3.07. The predicted octanol–water partition coefficient (Wildman–Crippen LogP) is 2.35. The molecular formula is C23H25N3O5S. The highest BCUT2D eigenvalue weighted by molar-refractivity contribution is 7.80. The Morgan fingerprint density at radius 1 is 1.19 bits per heavy atom. The van der Waals surface area contributed by atoms with E-state index < -0.39 is 34.6 Å². The van der Waals surface area contributed by atoms with E-state index in [0.29, 0.717) is 17.7 Å². The highest BCUT2D eigenvalue weighted by Gasteiger charge is 2.47. The van der Waals surface area contributed by atoms with E-state index in [9.17, 15) is 24.3 Å². The molecule has 9 heteroatoms. The third kappa shape index (κ3) is 3.60. The fraction of sp³-hybridized carbons (Fsp3) is 0.391. The Morgan fingerprint density at radius 2 is 1.84 bits per heavy atom. The van der Waals surface area contributed by atoms with Gasteiger partial charge in [-0.05, 0) is 24.3 Å². The van der Waals surface area contributed by atoms with Crippen LogP contribution in [0.1, 0.15) is 49.3 Å². The molecule has 1 aromatic carbocycles. The van der Waals surface area contributed by atoms with Gasteiger partial charge in [0.15, 0.2) is 5.78 Å². The summed E-state index contributed by atoms with van der Waals surface area (Å²) < 4.78 is 0. The van der Waals surface area contributed by atoms with Crippen LogP contribution in [0.4, 0.5) is 5.82 Å². The zero-order valence-corrected chi connectivity index (χ0v) is 19.0. The van der Waals surface area contributed by atoms with Gasteiger partial charge in [0.05, 0.1) is 5.56 Å². The molecule has 2 unspecified atom stereocenters. The number of carbonyl (C=O) groups is 2. The van der Waals surface area contributed by atoms with E-state index in [-0.39, 0.29) is 29.3 Å². The number of Topliss-reactive ketones (excluding diaryl/α,β-unsaturated/α-hetero) is 1. The Labute approximate surface area is 189 Å². The van der Waals surface area contributed by atoms with Crippen molar-refractivity contribution in [3.63, 3.8) is 0 Å². The van der Waals surface area contributed by atoms with Crippen LogP contribution in [-0.2, 0) is 9.59 Å². The molecule has 0 bridgehead atoms. The maximum absolute atomic E-state index is 13.5. The molecule has 2 aliphatic rings. The van der Waals surface area contributed by atoms with Crippen molar-refractivity contribution in [2.45, 2.75) is 45.6 Å². The number of anilines is 1. The molecule has 1 aromatic heterocycles. The Bertz CT molecular complexity index is 1260. The van der Waals surface area contributed by atoms with Gasteiger partial charge in [-0.15, -0.1) is 0 Å². The first-order valence-electron chi connectivity index (χ1n) is 10.4. The summed E-state index contributed by atoms with van der Waals surface area (Å²) in [5.41, 5.74) is 1.04. The van der Waals surface area contributed by atoms with Crippen LogP contribution in [0.5, 0.6) is 0 Å². The number of carboxylic acids is 1. The largest absolute Gasteiger partial charge is 0.480 e. The first kappa shape index (κ1) is 22.1. The van der Waals surface area contributed by atoms with Gasteiger partial charge in [0.1, 0.15) is 11.9 Å². The van der Waals surface area contributed by atoms with E-state index in [4.69, 9.17) is 0 Å². The quantitative estimate of drug-likeness (QED) is 0.525. The molecule has 2 aromatic rings. The molecule has 0 saturated heterocycles. The first-order chi connectivity index (χ1) is 15.0. The van der Waals surface area contributed by atoms with Crippen molar-refractivity contribution in [1.82, 2.24) is 9.97 Å². The number of aromatic nitrogens is 2. The van der Waals surface area contributed by atoms with Crippen LogP contribution in [-0.4, -0.2) is 38.6 Å². The topological polar surface area (TPSA) is 123 Å². The molecular weight excluding hydrogens is 430 g/mol. The third-order valence-corrected chi connectivity index (χ3v) is 6.49. The van der Waals surface area contributed by atoms with Crippen molar-refractivity contribution in [3.05, 3.63) is 73.1 Å². The number of nitrogens with one attached hydrogen (secondary N) is 2. The molecule has 3 N–H and O–H groups in total. The molecule has 168 valence electrons. The number of fused-ring (bicyclic) bond motifs is 1. The minimum absolute atomic E-state index is 0.0792. The van der Waals surface area contributed by atoms with Gasteiger partial charge < -0.3 is 10.0 Å². The maximum Gasteiger partial charge on any atom is 0.327 e. The summed E-state index contributed by atoms with van der Waals surface area (Å²) in [6.45, 7) is 5.83. The standard InChI is InChI=1S/C23H25N3O5S/c1-11-4-6-12(7-5-11)16-17-13(8-23(2,3)9-15(17)27)26(14(10-32)21(29)30)19-18(16)20(28)25-22(31)24-19/h4-7,14,16,32H,8-10H2,1-3H3,(H,29,30)(H2,24,25,28,31). The normalized spacial score (nSPS) is 20.6. The zero-order chi connectivity index (χ0) is 23.4. The molecule has 32 heavy (non-hydrogen) atoms. The lowest BCUT2D eigenvalue weighted by atomic mass is 9.68. The summed E-state index contributed by atoms with van der Waals surface area (Å²) in [5, 5.41) is 9.91. The minimum Gasteiger partial charge on any atom is -0.480 e. The Morgan fingerprint density at radius 3 is 2.44 bits per heavy atom. The van der Waals surface area contributed by atoms with Gasteiger partial charge in [0, 0.05) is 29.4 Å². The highest BCUT2D eigenvalue weighted by Crippen LogP contribution is 2.50. The second-order valence-electron chi connectivity index (χ2n) is 9.22. The molecule has 0 amide bonds. The van der Waals surface area contributed by atoms with Crippen molar-refractivity contribution in [1.29, 1.82) is 0 Å². The van der Waals surface area contributed by atoms with Crippen molar-refractivity contribution in [2.24, 2.45) is 5.41 Å². The second-order valence-corrected chi connectivity index (χ2v) is 9.59. The van der Waals surface area contributed by atoms with E-state index in [0.717, 1.165) is 11.1 Å². The summed E-state index contributed by atoms with van der Waals surface area (Å²) in [6.07, 6.45) is 0.694. The van der Waals surface area contributed by atoms with Crippen LogP contribution in [0.3, 0.4) is 0 Å². The van der Waals surface area contributed by atoms with E-state index in [2.05, 4.69) is 22.6 Å². The van der Waals surface area contributed by atoms with E-state index >= 15 is 0 Å². The molecule has 0 radical (unpaired) electrons. The smallest absolute Gasteiger partial charge is 0.327 e. The molecule has 0 fully saturated rings. The SMILES string of the molecule is Cc1ccc(C2C3=C(CC(C)(C)CC3=O)N(C(CS)C(=O)O)c3[nH]c(=O)[nH]c(=O)c32)cc1. The summed E-state index contributed by atoms with van der Waals surface area (Å²) in [4.78, 5) is 57.2. The number of carbonyl (C=O) groups excluding carboxylic acids is 1. The molecule has 0 saturated carbocycles. The average Bonchev–Trinajstić information content (AvgIpc) is 2.68. The number of thiol groups is 1. The minimum atomic E-state index is -1.17. The number of ketones is 1. The van der Waals surface area contributed by atoms with Gasteiger partial charge in [-0.3, -0.25) is 19.6 Å². The number of H-pyrrole nitrogens is 2. The van der Waals surface area contributed by atoms with Crippen LogP contribution in [0, 0.1) is 12.3 Å². The maximum atomic E-state index is 13.5. The van der Waals surface area contributed by atoms with Gasteiger partial charge in [-0.2, -0.15) is 12.6 Å². The summed E-state index contributed by atoms with van der Waals surface area (Å²) in [5.74, 6) is -1.98. The van der Waals surface area contributed by atoms with Crippen LogP contribution in [0.2, 0.25) is 0 Å². The summed E-state index contributed by atoms with van der Waals surface area (Å²) in [7, 11) is 0. The lowest BCUT2D eigenvalue weighted by Gasteiger charge is -2.45. The second kappa shape index (κ2) is 7.81. The number of benzene rings is 1. The van der Waals surface area contributed by atoms with Crippen LogP contribution in [0.25, 0.3) is 0 Å². The van der Waals surface area contributed by atoms with E-state index in [1.54, 1.807) is 0 Å². The molecule has 4 rings (SSSR count). The molecule has 2 heterocycles. The lowest BCUT2D eigenvalue weighted by Crippen LogP contribution is -2.51. The third-order valence-electron chi connectivity index (χ3n) is 6.14. The van der Waals surface area contributed by atoms with Crippen molar-refractivity contribution in [2.75, 3.05) is 10.7 Å². The number of aryl methyl sites for hydroxylation is 1. The molecule has 0 spiro atoms. The summed E-state index contributed by atoms with van der Waals surface area (Å²) in [6, 6.07) is 6.34. The summed E-state index contributed by atoms with van der Waals surface area (Å²) >= 11 is 4.23. The highest BCUT2D eigenvalue weighted by atomic mass is 32.1. The predicted molar refractivity (Wildman–Crippen MR) is 124 cm³/mol. The van der Waals surface area contributed by atoms with Gasteiger partial charge in [0.25, 0.3) is 5.56 Å².